The molecule has 0 aromatic carbocycles. The highest BCUT2D eigenvalue weighted by Gasteiger charge is 2.43. The fraction of sp³-hybridized carbons (Fsp3) is 0.688. The van der Waals surface area contributed by atoms with Gasteiger partial charge >= 0.3 is 0 Å². The number of aromatic nitrogens is 1. The van der Waals surface area contributed by atoms with Gasteiger partial charge in [0.15, 0.2) is 0 Å². The number of anilines is 1. The average molecular weight is 260 g/mol. The van der Waals surface area contributed by atoms with Crippen molar-refractivity contribution in [3.63, 3.8) is 0 Å². The van der Waals surface area contributed by atoms with Gasteiger partial charge < -0.3 is 10.8 Å². The highest BCUT2D eigenvalue weighted by molar-refractivity contribution is 5.45. The number of hydrogen-bond donors (Lipinski definition) is 2. The van der Waals surface area contributed by atoms with Gasteiger partial charge in [-0.3, -0.25) is 4.98 Å². The quantitative estimate of drug-likeness (QED) is 0.859. The van der Waals surface area contributed by atoms with Crippen LogP contribution < -0.4 is 5.73 Å². The molecule has 3 rings (SSSR count). The Labute approximate surface area is 115 Å². The first-order chi connectivity index (χ1) is 9.11. The molecule has 0 amide bonds. The fourth-order valence-corrected chi connectivity index (χ4v) is 3.99. The first kappa shape index (κ1) is 12.9. The van der Waals surface area contributed by atoms with Crippen molar-refractivity contribution < 1.29 is 5.11 Å². The molecule has 2 saturated carbocycles. The Morgan fingerprint density at radius 2 is 1.79 bits per heavy atom. The summed E-state index contributed by atoms with van der Waals surface area (Å²) in [5.41, 5.74) is 7.71. The van der Waals surface area contributed by atoms with Crippen LogP contribution >= 0.6 is 0 Å². The van der Waals surface area contributed by atoms with Crippen LogP contribution in [0.15, 0.2) is 18.5 Å². The molecule has 3 N–H and O–H groups in total. The summed E-state index contributed by atoms with van der Waals surface area (Å²) in [6.07, 6.45) is 13.9. The second-order valence-corrected chi connectivity index (χ2v) is 6.68. The standard InChI is InChI=1S/C16H24N2O/c17-14-3-10-18-12-13(14)11-16(19)8-6-15(7-9-16)4-1-2-5-15/h3,10,12,19H,1-2,4-9,11H2,(H2,17,18). The number of hydrogen-bond acceptors (Lipinski definition) is 3. The summed E-state index contributed by atoms with van der Waals surface area (Å²) < 4.78 is 0. The van der Waals surface area contributed by atoms with Crippen LogP contribution in [0.3, 0.4) is 0 Å². The maximum absolute atomic E-state index is 10.8. The molecule has 104 valence electrons. The van der Waals surface area contributed by atoms with Crippen LogP contribution in [0.2, 0.25) is 0 Å². The zero-order chi connectivity index (χ0) is 13.3. The molecule has 1 heterocycles. The SMILES string of the molecule is Nc1ccncc1CC1(O)CCC2(CCCC2)CC1. The van der Waals surface area contributed by atoms with Gasteiger partial charge in [0.1, 0.15) is 0 Å². The Morgan fingerprint density at radius 1 is 1.11 bits per heavy atom. The van der Waals surface area contributed by atoms with Crippen LogP contribution in [-0.4, -0.2) is 15.7 Å². The zero-order valence-electron chi connectivity index (χ0n) is 11.6. The van der Waals surface area contributed by atoms with E-state index in [-0.39, 0.29) is 0 Å². The van der Waals surface area contributed by atoms with Gasteiger partial charge in [0, 0.05) is 24.5 Å². The summed E-state index contributed by atoms with van der Waals surface area (Å²) in [6.45, 7) is 0. The molecule has 0 saturated heterocycles. The van der Waals surface area contributed by atoms with Crippen LogP contribution in [0.1, 0.15) is 56.9 Å². The molecule has 0 unspecified atom stereocenters. The number of aliphatic hydroxyl groups is 1. The van der Waals surface area contributed by atoms with Crippen molar-refractivity contribution in [2.75, 3.05) is 5.73 Å². The van der Waals surface area contributed by atoms with Crippen molar-refractivity contribution >= 4 is 5.69 Å². The van der Waals surface area contributed by atoms with Gasteiger partial charge in [-0.05, 0) is 55.6 Å². The second kappa shape index (κ2) is 4.78. The molecule has 1 aromatic heterocycles. The van der Waals surface area contributed by atoms with Gasteiger partial charge in [-0.15, -0.1) is 0 Å². The van der Waals surface area contributed by atoms with Crippen molar-refractivity contribution in [1.82, 2.24) is 4.98 Å². The van der Waals surface area contributed by atoms with Crippen LogP contribution in [-0.2, 0) is 6.42 Å². The molecule has 0 aliphatic heterocycles. The molecule has 0 bridgehead atoms. The third-order valence-electron chi connectivity index (χ3n) is 5.37. The molecule has 1 aromatic rings. The van der Waals surface area contributed by atoms with Crippen LogP contribution in [0.4, 0.5) is 5.69 Å². The lowest BCUT2D eigenvalue weighted by Gasteiger charge is -2.42. The topological polar surface area (TPSA) is 59.1 Å². The lowest BCUT2D eigenvalue weighted by atomic mass is 9.66. The predicted octanol–water partition coefficient (Wildman–Crippen LogP) is 3.07. The minimum atomic E-state index is -0.564. The molecule has 19 heavy (non-hydrogen) atoms. The molecule has 2 fully saturated rings. The molecular formula is C16H24N2O. The summed E-state index contributed by atoms with van der Waals surface area (Å²) >= 11 is 0. The van der Waals surface area contributed by atoms with Crippen molar-refractivity contribution in [3.8, 4) is 0 Å². The van der Waals surface area contributed by atoms with E-state index in [1.54, 1.807) is 12.4 Å². The molecule has 0 atom stereocenters. The average Bonchev–Trinajstić information content (AvgIpc) is 2.86. The minimum Gasteiger partial charge on any atom is -0.398 e. The lowest BCUT2D eigenvalue weighted by molar-refractivity contribution is -0.0321. The van der Waals surface area contributed by atoms with Crippen molar-refractivity contribution in [2.24, 2.45) is 5.41 Å². The summed E-state index contributed by atoms with van der Waals surface area (Å²) in [4.78, 5) is 4.12. The number of pyridine rings is 1. The minimum absolute atomic E-state index is 0.562. The van der Waals surface area contributed by atoms with Crippen molar-refractivity contribution in [2.45, 2.75) is 63.4 Å². The van der Waals surface area contributed by atoms with E-state index in [4.69, 9.17) is 5.73 Å². The molecular weight excluding hydrogens is 236 g/mol. The Hall–Kier alpha value is -1.09. The molecule has 3 nitrogen and oxygen atoms in total. The molecule has 2 aliphatic rings. The summed E-state index contributed by atoms with van der Waals surface area (Å²) in [7, 11) is 0. The molecule has 0 radical (unpaired) electrons. The Bertz CT molecular complexity index is 442. The van der Waals surface area contributed by atoms with E-state index in [1.165, 1.54) is 38.5 Å². The van der Waals surface area contributed by atoms with E-state index in [2.05, 4.69) is 4.98 Å². The van der Waals surface area contributed by atoms with E-state index in [1.807, 2.05) is 6.07 Å². The normalized spacial score (nSPS) is 24.7. The van der Waals surface area contributed by atoms with Gasteiger partial charge in [0.05, 0.1) is 5.60 Å². The Kier molecular flexibility index (Phi) is 3.25. The van der Waals surface area contributed by atoms with E-state index >= 15 is 0 Å². The smallest absolute Gasteiger partial charge is 0.0689 e. The van der Waals surface area contributed by atoms with Gasteiger partial charge in [-0.1, -0.05) is 12.8 Å². The van der Waals surface area contributed by atoms with Crippen molar-refractivity contribution in [1.29, 1.82) is 0 Å². The summed E-state index contributed by atoms with van der Waals surface area (Å²) in [5, 5.41) is 10.8. The zero-order valence-corrected chi connectivity index (χ0v) is 11.6. The third kappa shape index (κ3) is 2.62. The lowest BCUT2D eigenvalue weighted by Crippen LogP contribution is -2.40. The van der Waals surface area contributed by atoms with Crippen LogP contribution in [0, 0.1) is 5.41 Å². The number of rotatable bonds is 2. The first-order valence-electron chi connectivity index (χ1n) is 7.52. The van der Waals surface area contributed by atoms with Gasteiger partial charge in [0.25, 0.3) is 0 Å². The summed E-state index contributed by atoms with van der Waals surface area (Å²) in [6, 6.07) is 1.82. The van der Waals surface area contributed by atoms with Gasteiger partial charge in [-0.2, -0.15) is 0 Å². The van der Waals surface area contributed by atoms with E-state index in [0.29, 0.717) is 11.8 Å². The third-order valence-corrected chi connectivity index (χ3v) is 5.37. The second-order valence-electron chi connectivity index (χ2n) is 6.68. The van der Waals surface area contributed by atoms with Crippen molar-refractivity contribution in [3.05, 3.63) is 24.0 Å². The maximum Gasteiger partial charge on any atom is 0.0689 e. The highest BCUT2D eigenvalue weighted by Crippen LogP contribution is 2.51. The number of nitrogens with two attached hydrogens (primary N) is 1. The van der Waals surface area contributed by atoms with E-state index < -0.39 is 5.60 Å². The maximum atomic E-state index is 10.8. The Balaban J connectivity index is 1.67. The molecule has 1 spiro atoms. The highest BCUT2D eigenvalue weighted by atomic mass is 16.3. The summed E-state index contributed by atoms with van der Waals surface area (Å²) in [5.74, 6) is 0. The molecule has 3 heteroatoms. The fourth-order valence-electron chi connectivity index (χ4n) is 3.99. The largest absolute Gasteiger partial charge is 0.398 e. The predicted molar refractivity (Wildman–Crippen MR) is 76.7 cm³/mol. The monoisotopic (exact) mass is 260 g/mol. The van der Waals surface area contributed by atoms with Crippen LogP contribution in [0.25, 0.3) is 0 Å². The van der Waals surface area contributed by atoms with Gasteiger partial charge in [0.2, 0.25) is 0 Å². The molecule has 2 aliphatic carbocycles. The van der Waals surface area contributed by atoms with Crippen LogP contribution in [0.5, 0.6) is 0 Å². The van der Waals surface area contributed by atoms with E-state index in [0.717, 1.165) is 24.1 Å². The first-order valence-corrected chi connectivity index (χ1v) is 7.52. The van der Waals surface area contributed by atoms with Gasteiger partial charge in [-0.25, -0.2) is 0 Å². The number of nitrogens with zero attached hydrogens (tertiary/aromatic N) is 1. The number of nitrogen functional groups attached to an aromatic ring is 1. The Morgan fingerprint density at radius 3 is 2.42 bits per heavy atom. The van der Waals surface area contributed by atoms with E-state index in [9.17, 15) is 5.11 Å².